The van der Waals surface area contributed by atoms with E-state index in [4.69, 9.17) is 4.74 Å². The van der Waals surface area contributed by atoms with Crippen LogP contribution in [0.25, 0.3) is 0 Å². The number of aromatic hydroxyl groups is 1. The van der Waals surface area contributed by atoms with Gasteiger partial charge in [-0.05, 0) is 83.8 Å². The predicted octanol–water partition coefficient (Wildman–Crippen LogP) is 8.51. The van der Waals surface area contributed by atoms with Crippen molar-refractivity contribution in [2.45, 2.75) is 36.0 Å². The van der Waals surface area contributed by atoms with Gasteiger partial charge in [0.25, 0.3) is 0 Å². The summed E-state index contributed by atoms with van der Waals surface area (Å²) in [6.45, 7) is 6.48. The molecule has 0 fully saturated rings. The van der Waals surface area contributed by atoms with Gasteiger partial charge in [0.05, 0.1) is 0 Å². The lowest BCUT2D eigenvalue weighted by atomic mass is 9.86. The van der Waals surface area contributed by atoms with Crippen molar-refractivity contribution in [2.24, 2.45) is 0 Å². The molecule has 0 heterocycles. The molecule has 4 aromatic rings. The number of rotatable bonds is 7. The molecule has 1 N–H and O–H groups in total. The summed E-state index contributed by atoms with van der Waals surface area (Å²) in [5.41, 5.74) is 2.58. The fourth-order valence-corrected chi connectivity index (χ4v) is 5.19. The second-order valence-electron chi connectivity index (χ2n) is 8.91. The third-order valence-electron chi connectivity index (χ3n) is 5.26. The van der Waals surface area contributed by atoms with Gasteiger partial charge in [0.1, 0.15) is 17.2 Å². The Morgan fingerprint density at radius 1 is 0.647 bits per heavy atom. The van der Waals surface area contributed by atoms with Gasteiger partial charge in [-0.15, -0.1) is 0 Å². The van der Waals surface area contributed by atoms with Crippen LogP contribution in [0.2, 0.25) is 0 Å². The highest BCUT2D eigenvalue weighted by molar-refractivity contribution is 8.76. The molecule has 0 aliphatic heterocycles. The van der Waals surface area contributed by atoms with Crippen molar-refractivity contribution in [1.82, 2.24) is 0 Å². The largest absolute Gasteiger partial charge is 0.508 e. The molecule has 4 aromatic carbocycles. The van der Waals surface area contributed by atoms with Gasteiger partial charge in [0.15, 0.2) is 5.78 Å². The highest BCUT2D eigenvalue weighted by Crippen LogP contribution is 2.38. The van der Waals surface area contributed by atoms with Crippen LogP contribution < -0.4 is 4.74 Å². The molecule has 5 heteroatoms. The summed E-state index contributed by atoms with van der Waals surface area (Å²) < 4.78 is 5.95. The number of benzene rings is 4. The summed E-state index contributed by atoms with van der Waals surface area (Å²) in [7, 11) is 3.27. The van der Waals surface area contributed by atoms with Crippen LogP contribution >= 0.6 is 21.6 Å². The van der Waals surface area contributed by atoms with E-state index in [-0.39, 0.29) is 16.9 Å². The Morgan fingerprint density at radius 3 is 1.53 bits per heavy atom. The first-order valence-electron chi connectivity index (χ1n) is 10.9. The van der Waals surface area contributed by atoms with E-state index in [2.05, 4.69) is 20.8 Å². The van der Waals surface area contributed by atoms with Crippen molar-refractivity contribution < 1.29 is 14.6 Å². The third-order valence-corrected chi connectivity index (χ3v) is 7.68. The molecule has 0 radical (unpaired) electrons. The normalized spacial score (nSPS) is 11.3. The zero-order chi connectivity index (χ0) is 24.1. The molecule has 3 nitrogen and oxygen atoms in total. The van der Waals surface area contributed by atoms with Crippen molar-refractivity contribution in [3.8, 4) is 17.2 Å². The first-order valence-corrected chi connectivity index (χ1v) is 13.1. The van der Waals surface area contributed by atoms with Gasteiger partial charge in [-0.1, -0.05) is 66.6 Å². The number of ether oxygens (including phenoxy) is 1. The minimum Gasteiger partial charge on any atom is -0.508 e. The van der Waals surface area contributed by atoms with Crippen LogP contribution in [-0.2, 0) is 5.41 Å². The van der Waals surface area contributed by atoms with E-state index >= 15 is 0 Å². The number of hydrogen-bond donors (Lipinski definition) is 1. The maximum Gasteiger partial charge on any atom is 0.193 e. The molecule has 0 amide bonds. The SMILES string of the molecule is CC(C)(C)c1ccc(C(=O)c2ccc(Oc3ccc(SSc4ccc(O)cc4)cc3)cc2)cc1. The van der Waals surface area contributed by atoms with E-state index in [1.165, 1.54) is 5.56 Å². The van der Waals surface area contributed by atoms with E-state index in [1.807, 2.05) is 72.8 Å². The Bertz CT molecular complexity index is 1240. The summed E-state index contributed by atoms with van der Waals surface area (Å²) in [5, 5.41) is 9.37. The van der Waals surface area contributed by atoms with Gasteiger partial charge in [-0.2, -0.15) is 0 Å². The zero-order valence-corrected chi connectivity index (χ0v) is 21.0. The summed E-state index contributed by atoms with van der Waals surface area (Å²) in [6.07, 6.45) is 0. The second-order valence-corrected chi connectivity index (χ2v) is 11.2. The summed E-state index contributed by atoms with van der Waals surface area (Å²) in [4.78, 5) is 15.0. The molecular weight excluding hydrogens is 460 g/mol. The Kier molecular flexibility index (Phi) is 7.35. The van der Waals surface area contributed by atoms with E-state index in [9.17, 15) is 9.90 Å². The molecule has 0 aliphatic rings. The first kappa shape index (κ1) is 24.0. The highest BCUT2D eigenvalue weighted by atomic mass is 33.1. The molecule has 0 atom stereocenters. The number of carbonyl (C=O) groups is 1. The maximum absolute atomic E-state index is 12.8. The lowest BCUT2D eigenvalue weighted by molar-refractivity contribution is 0.103. The molecule has 34 heavy (non-hydrogen) atoms. The lowest BCUT2D eigenvalue weighted by Crippen LogP contribution is -2.11. The van der Waals surface area contributed by atoms with Gasteiger partial charge in [0, 0.05) is 20.9 Å². The second kappa shape index (κ2) is 10.4. The fourth-order valence-electron chi connectivity index (χ4n) is 3.26. The van der Waals surface area contributed by atoms with Gasteiger partial charge < -0.3 is 9.84 Å². The summed E-state index contributed by atoms with van der Waals surface area (Å²) in [5.74, 6) is 1.68. The van der Waals surface area contributed by atoms with Gasteiger partial charge in [-0.3, -0.25) is 4.79 Å². The first-order chi connectivity index (χ1) is 16.3. The Morgan fingerprint density at radius 2 is 1.06 bits per heavy atom. The molecule has 0 unspecified atom stereocenters. The van der Waals surface area contributed by atoms with Gasteiger partial charge >= 0.3 is 0 Å². The van der Waals surface area contributed by atoms with E-state index < -0.39 is 0 Å². The molecule has 0 bridgehead atoms. The van der Waals surface area contributed by atoms with E-state index in [1.54, 1.807) is 45.9 Å². The van der Waals surface area contributed by atoms with Crippen molar-refractivity contribution in [1.29, 1.82) is 0 Å². The molecular formula is C29H26O3S2. The average Bonchev–Trinajstić information content (AvgIpc) is 2.84. The topological polar surface area (TPSA) is 46.5 Å². The lowest BCUT2D eigenvalue weighted by Gasteiger charge is -2.19. The fraction of sp³-hybridized carbons (Fsp3) is 0.138. The molecule has 0 saturated heterocycles. The number of ketones is 1. The van der Waals surface area contributed by atoms with Gasteiger partial charge in [0.2, 0.25) is 0 Å². The molecule has 0 aromatic heterocycles. The Balaban J connectivity index is 1.35. The molecule has 0 saturated carbocycles. The highest BCUT2D eigenvalue weighted by Gasteiger charge is 2.15. The quantitative estimate of drug-likeness (QED) is 0.209. The average molecular weight is 487 g/mol. The molecule has 4 rings (SSSR count). The van der Waals surface area contributed by atoms with E-state index in [0.717, 1.165) is 15.5 Å². The predicted molar refractivity (Wildman–Crippen MR) is 141 cm³/mol. The van der Waals surface area contributed by atoms with Crippen molar-refractivity contribution >= 4 is 27.4 Å². The molecule has 0 spiro atoms. The number of phenols is 1. The van der Waals surface area contributed by atoms with Crippen molar-refractivity contribution in [2.75, 3.05) is 0 Å². The van der Waals surface area contributed by atoms with Crippen LogP contribution in [0.4, 0.5) is 0 Å². The zero-order valence-electron chi connectivity index (χ0n) is 19.3. The number of carbonyl (C=O) groups excluding carboxylic acids is 1. The van der Waals surface area contributed by atoms with Crippen LogP contribution in [0.3, 0.4) is 0 Å². The number of hydrogen-bond acceptors (Lipinski definition) is 5. The van der Waals surface area contributed by atoms with Gasteiger partial charge in [-0.25, -0.2) is 0 Å². The van der Waals surface area contributed by atoms with Crippen molar-refractivity contribution in [3.05, 3.63) is 114 Å². The summed E-state index contributed by atoms with van der Waals surface area (Å²) in [6, 6.07) is 30.1. The van der Waals surface area contributed by atoms with Crippen LogP contribution in [-0.4, -0.2) is 10.9 Å². The summed E-state index contributed by atoms with van der Waals surface area (Å²) >= 11 is 0. The monoisotopic (exact) mass is 486 g/mol. The molecule has 172 valence electrons. The minimum atomic E-state index is -0.000449. The maximum atomic E-state index is 12.8. The van der Waals surface area contributed by atoms with Crippen molar-refractivity contribution in [3.63, 3.8) is 0 Å². The van der Waals surface area contributed by atoms with Crippen LogP contribution in [0.15, 0.2) is 107 Å². The smallest absolute Gasteiger partial charge is 0.193 e. The minimum absolute atomic E-state index is 0.000449. The van der Waals surface area contributed by atoms with E-state index in [0.29, 0.717) is 16.9 Å². The molecule has 0 aliphatic carbocycles. The van der Waals surface area contributed by atoms with Crippen LogP contribution in [0.1, 0.15) is 42.3 Å². The number of phenolic OH excluding ortho intramolecular Hbond substituents is 1. The standard InChI is InChI=1S/C29H26O3S2/c1-29(2,3)22-8-4-20(5-9-22)28(31)21-6-12-24(13-7-21)32-25-14-18-27(19-15-25)34-33-26-16-10-23(30)11-17-26/h4-19,30H,1-3H3. The Labute approximate surface area is 208 Å². The van der Waals surface area contributed by atoms with Crippen LogP contribution in [0, 0.1) is 0 Å². The third kappa shape index (κ3) is 6.25. The Hall–Kier alpha value is -3.15. The van der Waals surface area contributed by atoms with Crippen LogP contribution in [0.5, 0.6) is 17.2 Å².